The van der Waals surface area contributed by atoms with Gasteiger partial charge in [0.25, 0.3) is 0 Å². The fourth-order valence-corrected chi connectivity index (χ4v) is 3.75. The van der Waals surface area contributed by atoms with Crippen LogP contribution in [0.4, 0.5) is 5.69 Å². The zero-order chi connectivity index (χ0) is 16.1. The van der Waals surface area contributed by atoms with Crippen LogP contribution in [0, 0.1) is 17.8 Å². The first-order chi connectivity index (χ1) is 10.3. The van der Waals surface area contributed by atoms with Gasteiger partial charge in [0.2, 0.25) is 11.8 Å². The second-order valence-corrected chi connectivity index (χ2v) is 7.94. The molecule has 1 aromatic carbocycles. The molecule has 1 saturated heterocycles. The van der Waals surface area contributed by atoms with Crippen LogP contribution in [0.2, 0.25) is 0 Å². The standard InChI is InChI=1S/C19H25NO2/c1-12-5-10-15-16(11-12)18(22)20(17(15)21)14-8-6-13(7-9-14)19(2,3)4/h6-9,12,15-16H,5,10-11H2,1-4H3/t12-,15-,16+/m0/s1. The fourth-order valence-electron chi connectivity index (χ4n) is 3.75. The first kappa shape index (κ1) is 15.3. The van der Waals surface area contributed by atoms with Gasteiger partial charge in [-0.3, -0.25) is 14.5 Å². The number of amides is 2. The van der Waals surface area contributed by atoms with Crippen LogP contribution < -0.4 is 4.90 Å². The number of imide groups is 1. The number of fused-ring (bicyclic) bond motifs is 1. The predicted molar refractivity (Wildman–Crippen MR) is 87.6 cm³/mol. The number of hydrogen-bond donors (Lipinski definition) is 0. The van der Waals surface area contributed by atoms with Crippen molar-refractivity contribution in [3.8, 4) is 0 Å². The highest BCUT2D eigenvalue weighted by molar-refractivity contribution is 6.22. The van der Waals surface area contributed by atoms with Gasteiger partial charge in [-0.15, -0.1) is 0 Å². The summed E-state index contributed by atoms with van der Waals surface area (Å²) in [5, 5.41) is 0. The molecule has 2 aliphatic rings. The second kappa shape index (κ2) is 5.22. The van der Waals surface area contributed by atoms with Gasteiger partial charge in [-0.05, 0) is 48.3 Å². The molecule has 0 aromatic heterocycles. The van der Waals surface area contributed by atoms with Crippen LogP contribution in [0.15, 0.2) is 24.3 Å². The molecule has 1 aliphatic carbocycles. The molecule has 1 aromatic rings. The van der Waals surface area contributed by atoms with Crippen LogP contribution >= 0.6 is 0 Å². The Bertz CT molecular complexity index is 597. The number of anilines is 1. The topological polar surface area (TPSA) is 37.4 Å². The van der Waals surface area contributed by atoms with Crippen molar-refractivity contribution in [1.82, 2.24) is 0 Å². The van der Waals surface area contributed by atoms with Crippen LogP contribution in [0.5, 0.6) is 0 Å². The molecule has 118 valence electrons. The van der Waals surface area contributed by atoms with Gasteiger partial charge in [0.1, 0.15) is 0 Å². The lowest BCUT2D eigenvalue weighted by Gasteiger charge is -2.25. The third-order valence-corrected chi connectivity index (χ3v) is 5.18. The van der Waals surface area contributed by atoms with Crippen LogP contribution in [-0.4, -0.2) is 11.8 Å². The number of benzene rings is 1. The Morgan fingerprint density at radius 1 is 0.955 bits per heavy atom. The smallest absolute Gasteiger partial charge is 0.237 e. The van der Waals surface area contributed by atoms with E-state index in [1.807, 2.05) is 24.3 Å². The van der Waals surface area contributed by atoms with Crippen molar-refractivity contribution in [3.05, 3.63) is 29.8 Å². The third-order valence-electron chi connectivity index (χ3n) is 5.18. The Labute approximate surface area is 132 Å². The first-order valence-corrected chi connectivity index (χ1v) is 8.27. The van der Waals surface area contributed by atoms with E-state index in [-0.39, 0.29) is 29.1 Å². The van der Waals surface area contributed by atoms with E-state index in [2.05, 4.69) is 27.7 Å². The summed E-state index contributed by atoms with van der Waals surface area (Å²) in [5.41, 5.74) is 2.01. The lowest BCUT2D eigenvalue weighted by molar-refractivity contribution is -0.122. The summed E-state index contributed by atoms with van der Waals surface area (Å²) < 4.78 is 0. The minimum atomic E-state index is -0.0986. The number of nitrogens with zero attached hydrogens (tertiary/aromatic N) is 1. The molecule has 1 heterocycles. The van der Waals surface area contributed by atoms with E-state index in [1.54, 1.807) is 0 Å². The molecular formula is C19H25NO2. The number of carbonyl (C=O) groups excluding carboxylic acids is 2. The SMILES string of the molecule is C[C@H]1CC[C@@H]2C(=O)N(c3ccc(C(C)(C)C)cc3)C(=O)[C@@H]2C1. The Hall–Kier alpha value is -1.64. The Morgan fingerprint density at radius 3 is 2.14 bits per heavy atom. The monoisotopic (exact) mass is 299 g/mol. The number of rotatable bonds is 1. The Kier molecular flexibility index (Phi) is 3.62. The normalized spacial score (nSPS) is 28.9. The summed E-state index contributed by atoms with van der Waals surface area (Å²) >= 11 is 0. The summed E-state index contributed by atoms with van der Waals surface area (Å²) in [7, 11) is 0. The van der Waals surface area contributed by atoms with E-state index < -0.39 is 0 Å². The summed E-state index contributed by atoms with van der Waals surface area (Å²) in [4.78, 5) is 26.8. The van der Waals surface area contributed by atoms with Gasteiger partial charge in [-0.1, -0.05) is 39.8 Å². The van der Waals surface area contributed by atoms with E-state index >= 15 is 0 Å². The molecule has 2 fully saturated rings. The predicted octanol–water partition coefficient (Wildman–Crippen LogP) is 3.91. The largest absolute Gasteiger partial charge is 0.274 e. The van der Waals surface area contributed by atoms with Gasteiger partial charge in [-0.25, -0.2) is 0 Å². The zero-order valence-corrected chi connectivity index (χ0v) is 13.9. The third kappa shape index (κ3) is 2.47. The minimum Gasteiger partial charge on any atom is -0.274 e. The molecule has 3 heteroatoms. The summed E-state index contributed by atoms with van der Waals surface area (Å²) in [6, 6.07) is 7.88. The molecule has 3 nitrogen and oxygen atoms in total. The molecule has 0 bridgehead atoms. The van der Waals surface area contributed by atoms with Gasteiger partial charge in [-0.2, -0.15) is 0 Å². The van der Waals surface area contributed by atoms with Crippen molar-refractivity contribution >= 4 is 17.5 Å². The lowest BCUT2D eigenvalue weighted by atomic mass is 9.76. The quantitative estimate of drug-likeness (QED) is 0.737. The molecular weight excluding hydrogens is 274 g/mol. The van der Waals surface area contributed by atoms with Gasteiger partial charge in [0, 0.05) is 0 Å². The second-order valence-electron chi connectivity index (χ2n) is 7.94. The highest BCUT2D eigenvalue weighted by Crippen LogP contribution is 2.42. The molecule has 22 heavy (non-hydrogen) atoms. The molecule has 3 atom stereocenters. The number of hydrogen-bond acceptors (Lipinski definition) is 2. The van der Waals surface area contributed by atoms with Crippen molar-refractivity contribution in [3.63, 3.8) is 0 Å². The van der Waals surface area contributed by atoms with Crippen molar-refractivity contribution in [1.29, 1.82) is 0 Å². The summed E-state index contributed by atoms with van der Waals surface area (Å²) in [6.45, 7) is 8.65. The van der Waals surface area contributed by atoms with E-state index in [1.165, 1.54) is 10.5 Å². The molecule has 2 amide bonds. The Morgan fingerprint density at radius 2 is 1.55 bits per heavy atom. The summed E-state index contributed by atoms with van der Waals surface area (Å²) in [6.07, 6.45) is 2.76. The van der Waals surface area contributed by atoms with Crippen LogP contribution in [0.3, 0.4) is 0 Å². The maximum atomic E-state index is 12.7. The maximum absolute atomic E-state index is 12.7. The van der Waals surface area contributed by atoms with Crippen LogP contribution in [-0.2, 0) is 15.0 Å². The van der Waals surface area contributed by atoms with Crippen molar-refractivity contribution < 1.29 is 9.59 Å². The van der Waals surface area contributed by atoms with E-state index in [4.69, 9.17) is 0 Å². The van der Waals surface area contributed by atoms with E-state index in [9.17, 15) is 9.59 Å². The average Bonchev–Trinajstić information content (AvgIpc) is 2.70. The molecule has 1 saturated carbocycles. The number of carbonyl (C=O) groups is 2. The molecule has 0 radical (unpaired) electrons. The van der Waals surface area contributed by atoms with Crippen molar-refractivity contribution in [2.75, 3.05) is 4.90 Å². The van der Waals surface area contributed by atoms with Gasteiger partial charge < -0.3 is 0 Å². The Balaban J connectivity index is 1.89. The molecule has 0 N–H and O–H groups in total. The summed E-state index contributed by atoms with van der Waals surface area (Å²) in [5.74, 6) is 0.362. The van der Waals surface area contributed by atoms with Gasteiger partial charge in [0.15, 0.2) is 0 Å². The molecule has 1 aliphatic heterocycles. The van der Waals surface area contributed by atoms with Gasteiger partial charge in [0.05, 0.1) is 17.5 Å². The highest BCUT2D eigenvalue weighted by atomic mass is 16.2. The average molecular weight is 299 g/mol. The van der Waals surface area contributed by atoms with Crippen molar-refractivity contribution in [2.45, 2.75) is 52.4 Å². The van der Waals surface area contributed by atoms with E-state index in [0.717, 1.165) is 24.9 Å². The van der Waals surface area contributed by atoms with Crippen molar-refractivity contribution in [2.24, 2.45) is 17.8 Å². The fraction of sp³-hybridized carbons (Fsp3) is 0.579. The minimum absolute atomic E-state index is 0.00468. The maximum Gasteiger partial charge on any atom is 0.237 e. The van der Waals surface area contributed by atoms with E-state index in [0.29, 0.717) is 5.92 Å². The first-order valence-electron chi connectivity index (χ1n) is 8.27. The van der Waals surface area contributed by atoms with Crippen LogP contribution in [0.25, 0.3) is 0 Å². The van der Waals surface area contributed by atoms with Crippen LogP contribution in [0.1, 0.15) is 52.5 Å². The molecule has 0 unspecified atom stereocenters. The highest BCUT2D eigenvalue weighted by Gasteiger charge is 2.49. The molecule has 3 rings (SSSR count). The lowest BCUT2D eigenvalue weighted by Crippen LogP contribution is -2.30. The zero-order valence-electron chi connectivity index (χ0n) is 13.9. The molecule has 0 spiro atoms. The van der Waals surface area contributed by atoms with Gasteiger partial charge >= 0.3 is 0 Å².